The summed E-state index contributed by atoms with van der Waals surface area (Å²) in [5.74, 6) is 0. The van der Waals surface area contributed by atoms with Gasteiger partial charge in [0.25, 0.3) is 0 Å². The summed E-state index contributed by atoms with van der Waals surface area (Å²) >= 11 is 0. The maximum absolute atomic E-state index is 12.4. The second-order valence-electron chi connectivity index (χ2n) is 4.57. The molecule has 19 heavy (non-hydrogen) atoms. The van der Waals surface area contributed by atoms with Crippen molar-refractivity contribution in [1.82, 2.24) is 10.0 Å². The van der Waals surface area contributed by atoms with Gasteiger partial charge >= 0.3 is 0 Å². The second kappa shape index (κ2) is 6.47. The quantitative estimate of drug-likeness (QED) is 0.813. The van der Waals surface area contributed by atoms with Crippen molar-refractivity contribution in [1.29, 1.82) is 0 Å². The van der Waals surface area contributed by atoms with Crippen molar-refractivity contribution >= 4 is 10.0 Å². The van der Waals surface area contributed by atoms with Crippen molar-refractivity contribution in [3.63, 3.8) is 0 Å². The molecule has 0 amide bonds. The minimum atomic E-state index is -3.47. The van der Waals surface area contributed by atoms with E-state index < -0.39 is 10.0 Å². The van der Waals surface area contributed by atoms with Gasteiger partial charge in [-0.3, -0.25) is 0 Å². The van der Waals surface area contributed by atoms with Crippen molar-refractivity contribution in [3.8, 4) is 0 Å². The molecule has 1 unspecified atom stereocenters. The number of hydrogen-bond acceptors (Lipinski definition) is 4. The third-order valence-electron chi connectivity index (χ3n) is 3.08. The van der Waals surface area contributed by atoms with Crippen LogP contribution in [-0.4, -0.2) is 34.2 Å². The first-order valence-corrected chi connectivity index (χ1v) is 8.00. The van der Waals surface area contributed by atoms with Crippen molar-refractivity contribution in [2.45, 2.75) is 30.8 Å². The molecule has 1 aromatic rings. The van der Waals surface area contributed by atoms with Crippen molar-refractivity contribution in [2.75, 3.05) is 19.8 Å². The Bertz CT molecular complexity index is 510. The Morgan fingerprint density at radius 2 is 2.16 bits per heavy atom. The van der Waals surface area contributed by atoms with Crippen molar-refractivity contribution < 1.29 is 13.2 Å². The van der Waals surface area contributed by atoms with Crippen LogP contribution >= 0.6 is 0 Å². The molecule has 2 rings (SSSR count). The minimum Gasteiger partial charge on any atom is -0.380 e. The van der Waals surface area contributed by atoms with E-state index in [1.165, 1.54) is 0 Å². The molecule has 0 saturated carbocycles. The highest BCUT2D eigenvalue weighted by atomic mass is 32.2. The van der Waals surface area contributed by atoms with E-state index in [1.54, 1.807) is 12.1 Å². The Balaban J connectivity index is 2.18. The van der Waals surface area contributed by atoms with Gasteiger partial charge in [-0.1, -0.05) is 25.1 Å². The Labute approximate surface area is 114 Å². The van der Waals surface area contributed by atoms with Crippen LogP contribution in [-0.2, 0) is 21.3 Å². The van der Waals surface area contributed by atoms with Gasteiger partial charge in [-0.25, -0.2) is 13.1 Å². The van der Waals surface area contributed by atoms with Gasteiger partial charge in [0.2, 0.25) is 10.0 Å². The number of benzene rings is 1. The number of hydrogen-bond donors (Lipinski definition) is 2. The van der Waals surface area contributed by atoms with E-state index in [4.69, 9.17) is 4.74 Å². The monoisotopic (exact) mass is 284 g/mol. The fraction of sp³-hybridized carbons (Fsp3) is 0.538. The normalized spacial score (nSPS) is 19.7. The Kier molecular flexibility index (Phi) is 4.93. The number of rotatable bonds is 6. The van der Waals surface area contributed by atoms with Crippen LogP contribution < -0.4 is 10.0 Å². The van der Waals surface area contributed by atoms with Crippen LogP contribution in [0.5, 0.6) is 0 Å². The summed E-state index contributed by atoms with van der Waals surface area (Å²) in [7, 11) is -3.47. The SMILES string of the molecule is CCNCc1ccccc1S(=O)(=O)NC1CCOC1. The van der Waals surface area contributed by atoms with Crippen molar-refractivity contribution in [3.05, 3.63) is 29.8 Å². The highest BCUT2D eigenvalue weighted by Gasteiger charge is 2.24. The Morgan fingerprint density at radius 1 is 1.37 bits per heavy atom. The molecule has 1 fully saturated rings. The highest BCUT2D eigenvalue weighted by molar-refractivity contribution is 7.89. The van der Waals surface area contributed by atoms with Crippen LogP contribution in [0.15, 0.2) is 29.2 Å². The van der Waals surface area contributed by atoms with Gasteiger partial charge in [-0.15, -0.1) is 0 Å². The lowest BCUT2D eigenvalue weighted by atomic mass is 10.2. The van der Waals surface area contributed by atoms with Crippen LogP contribution in [0.3, 0.4) is 0 Å². The second-order valence-corrected chi connectivity index (χ2v) is 6.25. The molecule has 1 aliphatic heterocycles. The Hall–Kier alpha value is -0.950. The molecule has 0 spiro atoms. The van der Waals surface area contributed by atoms with E-state index in [0.717, 1.165) is 18.5 Å². The predicted molar refractivity (Wildman–Crippen MR) is 73.4 cm³/mol. The van der Waals surface area contributed by atoms with Crippen LogP contribution in [0.2, 0.25) is 0 Å². The van der Waals surface area contributed by atoms with E-state index in [0.29, 0.717) is 24.7 Å². The summed E-state index contributed by atoms with van der Waals surface area (Å²) in [6.07, 6.45) is 0.731. The first-order valence-electron chi connectivity index (χ1n) is 6.52. The van der Waals surface area contributed by atoms with E-state index in [-0.39, 0.29) is 6.04 Å². The van der Waals surface area contributed by atoms with E-state index >= 15 is 0 Å². The van der Waals surface area contributed by atoms with Gasteiger partial charge in [0.05, 0.1) is 11.5 Å². The Morgan fingerprint density at radius 3 is 2.84 bits per heavy atom. The summed E-state index contributed by atoms with van der Waals surface area (Å²) in [6, 6.07) is 6.96. The van der Waals surface area contributed by atoms with Gasteiger partial charge in [0.1, 0.15) is 0 Å². The summed E-state index contributed by atoms with van der Waals surface area (Å²) in [6.45, 7) is 4.42. The molecule has 0 bridgehead atoms. The molecule has 1 aromatic carbocycles. The summed E-state index contributed by atoms with van der Waals surface area (Å²) in [4.78, 5) is 0.350. The molecule has 1 aliphatic rings. The van der Waals surface area contributed by atoms with Gasteiger partial charge < -0.3 is 10.1 Å². The molecule has 1 heterocycles. The molecule has 1 saturated heterocycles. The van der Waals surface area contributed by atoms with Crippen LogP contribution in [0.1, 0.15) is 18.9 Å². The van der Waals surface area contributed by atoms with Crippen LogP contribution in [0.4, 0.5) is 0 Å². The molecule has 0 aromatic heterocycles. The third kappa shape index (κ3) is 3.76. The lowest BCUT2D eigenvalue weighted by Gasteiger charge is -2.14. The average molecular weight is 284 g/mol. The topological polar surface area (TPSA) is 67.4 Å². The molecule has 0 radical (unpaired) electrons. The molecule has 2 N–H and O–H groups in total. The zero-order chi connectivity index (χ0) is 13.7. The zero-order valence-electron chi connectivity index (χ0n) is 11.1. The number of nitrogens with one attached hydrogen (secondary N) is 2. The van der Waals surface area contributed by atoms with Crippen molar-refractivity contribution in [2.24, 2.45) is 0 Å². The van der Waals surface area contributed by atoms with E-state index in [9.17, 15) is 8.42 Å². The maximum atomic E-state index is 12.4. The average Bonchev–Trinajstić information content (AvgIpc) is 2.88. The fourth-order valence-electron chi connectivity index (χ4n) is 2.08. The smallest absolute Gasteiger partial charge is 0.241 e. The van der Waals surface area contributed by atoms with Crippen LogP contribution in [0, 0.1) is 0 Å². The van der Waals surface area contributed by atoms with Gasteiger partial charge in [0, 0.05) is 19.2 Å². The third-order valence-corrected chi connectivity index (χ3v) is 4.70. The maximum Gasteiger partial charge on any atom is 0.241 e. The predicted octanol–water partition coefficient (Wildman–Crippen LogP) is 0.863. The molecule has 5 nitrogen and oxygen atoms in total. The zero-order valence-corrected chi connectivity index (χ0v) is 11.9. The largest absolute Gasteiger partial charge is 0.380 e. The minimum absolute atomic E-state index is 0.114. The standard InChI is InChI=1S/C13H20N2O3S/c1-2-14-9-11-5-3-4-6-13(11)19(16,17)15-12-7-8-18-10-12/h3-6,12,14-15H,2,7-10H2,1H3. The summed E-state index contributed by atoms with van der Waals surface area (Å²) in [5, 5.41) is 3.15. The lowest BCUT2D eigenvalue weighted by molar-refractivity contribution is 0.192. The molecular formula is C13H20N2O3S. The lowest BCUT2D eigenvalue weighted by Crippen LogP contribution is -2.35. The van der Waals surface area contributed by atoms with Gasteiger partial charge in [-0.05, 0) is 24.6 Å². The first-order chi connectivity index (χ1) is 9.13. The highest BCUT2D eigenvalue weighted by Crippen LogP contribution is 2.17. The number of ether oxygens (including phenoxy) is 1. The fourth-order valence-corrected chi connectivity index (χ4v) is 3.58. The molecule has 0 aliphatic carbocycles. The van der Waals surface area contributed by atoms with Gasteiger partial charge in [0.15, 0.2) is 0 Å². The first kappa shape index (κ1) is 14.5. The number of sulfonamides is 1. The molecule has 1 atom stereocenters. The molecule has 106 valence electrons. The van der Waals surface area contributed by atoms with E-state index in [2.05, 4.69) is 10.0 Å². The molecular weight excluding hydrogens is 264 g/mol. The van der Waals surface area contributed by atoms with E-state index in [1.807, 2.05) is 19.1 Å². The summed E-state index contributed by atoms with van der Waals surface area (Å²) < 4.78 is 32.7. The summed E-state index contributed by atoms with van der Waals surface area (Å²) in [5.41, 5.74) is 0.788. The molecule has 6 heteroatoms. The van der Waals surface area contributed by atoms with Crippen LogP contribution in [0.25, 0.3) is 0 Å². The van der Waals surface area contributed by atoms with Gasteiger partial charge in [-0.2, -0.15) is 0 Å².